The minimum atomic E-state index is -4.03. The summed E-state index contributed by atoms with van der Waals surface area (Å²) in [6.07, 6.45) is 1.32. The summed E-state index contributed by atoms with van der Waals surface area (Å²) >= 11 is 0. The highest BCUT2D eigenvalue weighted by Crippen LogP contribution is 2.30. The molecule has 108 valence electrons. The zero-order valence-electron chi connectivity index (χ0n) is 11.1. The molecule has 1 aromatic heterocycles. The lowest BCUT2D eigenvalue weighted by Gasteiger charge is -2.13. The Morgan fingerprint density at radius 3 is 2.71 bits per heavy atom. The number of benzene rings is 1. The van der Waals surface area contributed by atoms with E-state index < -0.39 is 10.0 Å². The van der Waals surface area contributed by atoms with Crippen molar-refractivity contribution in [1.29, 1.82) is 5.26 Å². The van der Waals surface area contributed by atoms with Gasteiger partial charge in [-0.25, -0.2) is 4.98 Å². The Morgan fingerprint density at radius 2 is 2.10 bits per heavy atom. The highest BCUT2D eigenvalue weighted by molar-refractivity contribution is 7.92. The molecular weight excluding hydrogens is 292 g/mol. The van der Waals surface area contributed by atoms with Crippen LogP contribution in [0.3, 0.4) is 0 Å². The number of sulfonamides is 1. The summed E-state index contributed by atoms with van der Waals surface area (Å²) in [6.45, 7) is 0. The van der Waals surface area contributed by atoms with Crippen LogP contribution in [0, 0.1) is 11.3 Å². The molecule has 0 fully saturated rings. The molecule has 0 aliphatic heterocycles. The van der Waals surface area contributed by atoms with Crippen LogP contribution in [0.15, 0.2) is 41.6 Å². The van der Waals surface area contributed by atoms with E-state index >= 15 is 0 Å². The van der Waals surface area contributed by atoms with Crippen molar-refractivity contribution in [3.8, 4) is 11.8 Å². The second-order valence-corrected chi connectivity index (χ2v) is 5.60. The average Bonchev–Trinajstić information content (AvgIpc) is 2.47. The van der Waals surface area contributed by atoms with Crippen LogP contribution in [-0.4, -0.2) is 20.5 Å². The fourth-order valence-corrected chi connectivity index (χ4v) is 2.86. The van der Waals surface area contributed by atoms with E-state index in [9.17, 15) is 8.42 Å². The van der Waals surface area contributed by atoms with Gasteiger partial charge in [0.05, 0.1) is 18.4 Å². The van der Waals surface area contributed by atoms with Gasteiger partial charge in [0.25, 0.3) is 10.0 Å². The van der Waals surface area contributed by atoms with Crippen LogP contribution in [0.1, 0.15) is 5.56 Å². The first kappa shape index (κ1) is 14.6. The van der Waals surface area contributed by atoms with Crippen molar-refractivity contribution in [1.82, 2.24) is 4.98 Å². The van der Waals surface area contributed by atoms with Crippen LogP contribution >= 0.6 is 0 Å². The van der Waals surface area contributed by atoms with Crippen LogP contribution in [0.25, 0.3) is 0 Å². The maximum absolute atomic E-state index is 12.3. The van der Waals surface area contributed by atoms with Crippen molar-refractivity contribution >= 4 is 21.4 Å². The van der Waals surface area contributed by atoms with Gasteiger partial charge in [0.2, 0.25) is 0 Å². The number of methoxy groups -OCH3 is 1. The van der Waals surface area contributed by atoms with Gasteiger partial charge in [-0.1, -0.05) is 6.07 Å². The third kappa shape index (κ3) is 2.88. The third-order valence-corrected chi connectivity index (χ3v) is 3.98. The first-order valence-corrected chi connectivity index (χ1v) is 7.28. The summed E-state index contributed by atoms with van der Waals surface area (Å²) in [5.74, 6) is 0.229. The molecule has 0 unspecified atom stereocenters. The lowest BCUT2D eigenvalue weighted by Crippen LogP contribution is -2.17. The van der Waals surface area contributed by atoms with Gasteiger partial charge in [-0.15, -0.1) is 0 Å². The Morgan fingerprint density at radius 1 is 1.33 bits per heavy atom. The number of nitriles is 1. The van der Waals surface area contributed by atoms with Gasteiger partial charge < -0.3 is 10.5 Å². The van der Waals surface area contributed by atoms with Gasteiger partial charge in [-0.3, -0.25) is 4.72 Å². The highest BCUT2D eigenvalue weighted by Gasteiger charge is 2.22. The molecule has 3 N–H and O–H groups in total. The fraction of sp³-hybridized carbons (Fsp3) is 0.0769. The van der Waals surface area contributed by atoms with Crippen molar-refractivity contribution in [3.63, 3.8) is 0 Å². The van der Waals surface area contributed by atoms with Gasteiger partial charge in [-0.05, 0) is 24.3 Å². The number of pyridine rings is 1. The standard InChI is InChI=1S/C13H12N4O3S/c1-20-11-6-2-4-9(8-14)12(11)17-21(18,19)13-10(15)5-3-7-16-13/h2-7,17H,15H2,1H3. The van der Waals surface area contributed by atoms with E-state index in [0.29, 0.717) is 0 Å². The summed E-state index contributed by atoms with van der Waals surface area (Å²) in [4.78, 5) is 3.76. The van der Waals surface area contributed by atoms with E-state index in [4.69, 9.17) is 15.7 Å². The quantitative estimate of drug-likeness (QED) is 0.880. The Labute approximate surface area is 122 Å². The van der Waals surface area contributed by atoms with Crippen LogP contribution in [0.2, 0.25) is 0 Å². The molecular formula is C13H12N4O3S. The van der Waals surface area contributed by atoms with E-state index in [2.05, 4.69) is 9.71 Å². The number of ether oxygens (including phenoxy) is 1. The van der Waals surface area contributed by atoms with E-state index in [-0.39, 0.29) is 27.7 Å². The number of hydrogen-bond acceptors (Lipinski definition) is 6. The number of nitrogens with zero attached hydrogens (tertiary/aromatic N) is 2. The number of rotatable bonds is 4. The van der Waals surface area contributed by atoms with Crippen molar-refractivity contribution < 1.29 is 13.2 Å². The van der Waals surface area contributed by atoms with Gasteiger partial charge in [0.1, 0.15) is 17.5 Å². The van der Waals surface area contributed by atoms with Gasteiger partial charge >= 0.3 is 0 Å². The molecule has 21 heavy (non-hydrogen) atoms. The van der Waals surface area contributed by atoms with E-state index in [0.717, 1.165) is 0 Å². The molecule has 0 saturated heterocycles. The minimum absolute atomic E-state index is 0.0124. The molecule has 1 heterocycles. The SMILES string of the molecule is COc1cccc(C#N)c1NS(=O)(=O)c1ncccc1N. The first-order chi connectivity index (χ1) is 9.99. The number of hydrogen-bond donors (Lipinski definition) is 2. The summed E-state index contributed by atoms with van der Waals surface area (Å²) in [5, 5.41) is 8.77. The lowest BCUT2D eigenvalue weighted by atomic mass is 10.2. The third-order valence-electron chi connectivity index (χ3n) is 2.66. The monoisotopic (exact) mass is 304 g/mol. The molecule has 0 aliphatic rings. The molecule has 0 amide bonds. The maximum atomic E-state index is 12.3. The predicted octanol–water partition coefficient (Wildman–Crippen LogP) is 1.34. The number of para-hydroxylation sites is 1. The van der Waals surface area contributed by atoms with Crippen LogP contribution in [0.5, 0.6) is 5.75 Å². The molecule has 0 bridgehead atoms. The predicted molar refractivity (Wildman–Crippen MR) is 77.2 cm³/mol. The van der Waals surface area contributed by atoms with E-state index in [1.165, 1.54) is 31.5 Å². The Hall–Kier alpha value is -2.79. The highest BCUT2D eigenvalue weighted by atomic mass is 32.2. The van der Waals surface area contributed by atoms with Crippen LogP contribution < -0.4 is 15.2 Å². The van der Waals surface area contributed by atoms with Gasteiger partial charge in [0.15, 0.2) is 5.03 Å². The molecule has 2 aromatic rings. The molecule has 2 rings (SSSR count). The lowest BCUT2D eigenvalue weighted by molar-refractivity contribution is 0.416. The number of nitrogen functional groups attached to an aromatic ring is 1. The number of anilines is 2. The first-order valence-electron chi connectivity index (χ1n) is 5.80. The molecule has 0 saturated carbocycles. The molecule has 7 nitrogen and oxygen atoms in total. The Kier molecular flexibility index (Phi) is 3.95. The molecule has 8 heteroatoms. The molecule has 0 radical (unpaired) electrons. The fourth-order valence-electron chi connectivity index (χ4n) is 1.71. The molecule has 0 aliphatic carbocycles. The number of nitrogens with two attached hydrogens (primary N) is 1. The van der Waals surface area contributed by atoms with Gasteiger partial charge in [-0.2, -0.15) is 13.7 Å². The maximum Gasteiger partial charge on any atom is 0.281 e. The summed E-state index contributed by atoms with van der Waals surface area (Å²) < 4.78 is 32.0. The molecule has 0 spiro atoms. The zero-order valence-corrected chi connectivity index (χ0v) is 11.9. The van der Waals surface area contributed by atoms with Crippen molar-refractivity contribution in [2.45, 2.75) is 5.03 Å². The normalized spacial score (nSPS) is 10.7. The van der Waals surface area contributed by atoms with E-state index in [1.54, 1.807) is 12.1 Å². The van der Waals surface area contributed by atoms with Crippen LogP contribution in [-0.2, 0) is 10.0 Å². The summed E-state index contributed by atoms with van der Waals surface area (Å²) in [5.41, 5.74) is 5.82. The number of nitrogens with one attached hydrogen (secondary N) is 1. The summed E-state index contributed by atoms with van der Waals surface area (Å²) in [6, 6.07) is 9.46. The minimum Gasteiger partial charge on any atom is -0.495 e. The second kappa shape index (κ2) is 5.68. The van der Waals surface area contributed by atoms with Crippen molar-refractivity contribution in [3.05, 3.63) is 42.1 Å². The van der Waals surface area contributed by atoms with Crippen molar-refractivity contribution in [2.75, 3.05) is 17.6 Å². The molecule has 1 aromatic carbocycles. The van der Waals surface area contributed by atoms with Crippen LogP contribution in [0.4, 0.5) is 11.4 Å². The Balaban J connectivity index is 2.52. The largest absolute Gasteiger partial charge is 0.495 e. The zero-order chi connectivity index (χ0) is 15.5. The van der Waals surface area contributed by atoms with Gasteiger partial charge in [0, 0.05) is 6.20 Å². The molecule has 0 atom stereocenters. The smallest absolute Gasteiger partial charge is 0.281 e. The second-order valence-electron chi connectivity index (χ2n) is 4.00. The summed E-state index contributed by atoms with van der Waals surface area (Å²) in [7, 11) is -2.65. The van der Waals surface area contributed by atoms with Crippen molar-refractivity contribution in [2.24, 2.45) is 0 Å². The average molecular weight is 304 g/mol. The topological polar surface area (TPSA) is 118 Å². The van der Waals surface area contributed by atoms with E-state index in [1.807, 2.05) is 6.07 Å². The number of aromatic nitrogens is 1. The Bertz CT molecular complexity index is 812.